The standard InChI is InChI=1S/C13H17NO4S.Na.H/c1-10-8-11-9-12(4-5-13(11)14-10)18-6-2-3-7-19(15,16)17;;/h4-5,8-9,14H,2-3,6-7H2,1H3,(H,15,16,17);;/q;+1;-1. The first-order chi connectivity index (χ1) is 8.94. The van der Waals surface area contributed by atoms with Crippen molar-refractivity contribution in [3.8, 4) is 5.75 Å². The summed E-state index contributed by atoms with van der Waals surface area (Å²) in [6, 6.07) is 7.82. The van der Waals surface area contributed by atoms with Gasteiger partial charge in [0, 0.05) is 16.6 Å². The van der Waals surface area contributed by atoms with Crippen molar-refractivity contribution in [2.75, 3.05) is 12.4 Å². The Morgan fingerprint density at radius 3 is 2.75 bits per heavy atom. The topological polar surface area (TPSA) is 79.4 Å². The number of hydrogen-bond donors (Lipinski definition) is 2. The van der Waals surface area contributed by atoms with Gasteiger partial charge in [-0.25, -0.2) is 0 Å². The van der Waals surface area contributed by atoms with Gasteiger partial charge in [-0.2, -0.15) is 8.42 Å². The summed E-state index contributed by atoms with van der Waals surface area (Å²) >= 11 is 0. The third-order valence-corrected chi connectivity index (χ3v) is 3.60. The van der Waals surface area contributed by atoms with Crippen LogP contribution in [0, 0.1) is 6.92 Å². The van der Waals surface area contributed by atoms with Gasteiger partial charge in [-0.1, -0.05) is 0 Å². The molecule has 0 unspecified atom stereocenters. The molecule has 0 aliphatic heterocycles. The zero-order valence-corrected chi connectivity index (χ0v) is 14.5. The molecule has 0 atom stereocenters. The Morgan fingerprint density at radius 1 is 1.30 bits per heavy atom. The number of aromatic amines is 1. The largest absolute Gasteiger partial charge is 1.00 e. The fourth-order valence-corrected chi connectivity index (χ4v) is 2.49. The molecule has 2 aromatic rings. The first-order valence-electron chi connectivity index (χ1n) is 6.11. The van der Waals surface area contributed by atoms with Gasteiger partial charge in [0.15, 0.2) is 0 Å². The maximum atomic E-state index is 10.5. The van der Waals surface area contributed by atoms with Crippen molar-refractivity contribution in [3.63, 3.8) is 0 Å². The number of nitrogens with one attached hydrogen (secondary N) is 1. The Morgan fingerprint density at radius 2 is 2.05 bits per heavy atom. The summed E-state index contributed by atoms with van der Waals surface area (Å²) in [7, 11) is -3.85. The van der Waals surface area contributed by atoms with E-state index in [1.807, 2.05) is 31.2 Å². The molecule has 2 rings (SSSR count). The second kappa shape index (κ2) is 7.47. The maximum absolute atomic E-state index is 10.5. The molecule has 2 N–H and O–H groups in total. The third kappa shape index (κ3) is 5.46. The fourth-order valence-electron chi connectivity index (χ4n) is 1.92. The van der Waals surface area contributed by atoms with Gasteiger partial charge in [0.1, 0.15) is 5.75 Å². The molecular weight excluding hydrogens is 289 g/mol. The molecule has 0 aliphatic carbocycles. The molecule has 7 heteroatoms. The van der Waals surface area contributed by atoms with Gasteiger partial charge in [0.2, 0.25) is 0 Å². The fraction of sp³-hybridized carbons (Fsp3) is 0.385. The summed E-state index contributed by atoms with van der Waals surface area (Å²) in [5.74, 6) is 0.546. The van der Waals surface area contributed by atoms with Crippen LogP contribution in [-0.4, -0.2) is 30.3 Å². The average molecular weight is 307 g/mol. The number of benzene rings is 1. The van der Waals surface area contributed by atoms with E-state index in [4.69, 9.17) is 9.29 Å². The van der Waals surface area contributed by atoms with E-state index in [0.29, 0.717) is 19.4 Å². The Bertz CT molecular complexity index is 672. The average Bonchev–Trinajstić information content (AvgIpc) is 2.66. The molecule has 20 heavy (non-hydrogen) atoms. The van der Waals surface area contributed by atoms with Crippen LogP contribution in [0.5, 0.6) is 5.75 Å². The van der Waals surface area contributed by atoms with Gasteiger partial charge in [-0.15, -0.1) is 0 Å². The number of aromatic nitrogens is 1. The van der Waals surface area contributed by atoms with Crippen molar-refractivity contribution in [3.05, 3.63) is 30.0 Å². The number of rotatable bonds is 6. The van der Waals surface area contributed by atoms with Crippen molar-refractivity contribution in [1.29, 1.82) is 0 Å². The number of aryl methyl sites for hydroxylation is 1. The monoisotopic (exact) mass is 307 g/mol. The van der Waals surface area contributed by atoms with Crippen molar-refractivity contribution < 1.29 is 48.7 Å². The quantitative estimate of drug-likeness (QED) is 0.434. The smallest absolute Gasteiger partial charge is 1.00 e. The third-order valence-electron chi connectivity index (χ3n) is 2.79. The predicted molar refractivity (Wildman–Crippen MR) is 75.3 cm³/mol. The van der Waals surface area contributed by atoms with Gasteiger partial charge >= 0.3 is 29.6 Å². The Hall–Kier alpha value is -0.530. The molecule has 1 heterocycles. The van der Waals surface area contributed by atoms with Gasteiger partial charge in [0.05, 0.1) is 12.4 Å². The van der Waals surface area contributed by atoms with E-state index in [2.05, 4.69) is 4.98 Å². The maximum Gasteiger partial charge on any atom is 1.00 e. The second-order valence-corrected chi connectivity index (χ2v) is 6.12. The van der Waals surface area contributed by atoms with Crippen LogP contribution in [-0.2, 0) is 10.1 Å². The van der Waals surface area contributed by atoms with E-state index < -0.39 is 10.1 Å². The van der Waals surface area contributed by atoms with E-state index >= 15 is 0 Å². The van der Waals surface area contributed by atoms with Crippen LogP contribution in [0.2, 0.25) is 0 Å². The van der Waals surface area contributed by atoms with Crippen LogP contribution < -0.4 is 34.3 Å². The first-order valence-corrected chi connectivity index (χ1v) is 7.72. The summed E-state index contributed by atoms with van der Waals surface area (Å²) in [5.41, 5.74) is 2.16. The number of hydrogen-bond acceptors (Lipinski definition) is 3. The minimum atomic E-state index is -3.85. The van der Waals surface area contributed by atoms with Crippen LogP contribution in [0.1, 0.15) is 20.0 Å². The molecule has 0 spiro atoms. The van der Waals surface area contributed by atoms with E-state index in [9.17, 15) is 8.42 Å². The Balaban J connectivity index is 0.00000200. The van der Waals surface area contributed by atoms with Crippen molar-refractivity contribution >= 4 is 21.0 Å². The predicted octanol–water partition coefficient (Wildman–Crippen LogP) is -0.360. The summed E-state index contributed by atoms with van der Waals surface area (Å²) in [4.78, 5) is 3.23. The molecular formula is C13H18NNaO4S. The number of ether oxygens (including phenoxy) is 1. The summed E-state index contributed by atoms with van der Waals surface area (Å²) in [6.07, 6.45) is 0.980. The molecule has 1 aromatic carbocycles. The zero-order valence-electron chi connectivity index (χ0n) is 12.7. The minimum Gasteiger partial charge on any atom is -1.00 e. The summed E-state index contributed by atoms with van der Waals surface area (Å²) in [5, 5.41) is 1.09. The van der Waals surface area contributed by atoms with Crippen LogP contribution in [0.4, 0.5) is 0 Å². The Kier molecular flexibility index (Phi) is 6.54. The van der Waals surface area contributed by atoms with E-state index in [1.165, 1.54) is 0 Å². The van der Waals surface area contributed by atoms with Crippen molar-refractivity contribution in [1.82, 2.24) is 4.98 Å². The number of H-pyrrole nitrogens is 1. The molecule has 106 valence electrons. The normalized spacial score (nSPS) is 11.3. The van der Waals surface area contributed by atoms with Gasteiger partial charge in [0.25, 0.3) is 10.1 Å². The van der Waals surface area contributed by atoms with Crippen molar-refractivity contribution in [2.45, 2.75) is 19.8 Å². The SMILES string of the molecule is Cc1cc2cc(OCCCCS(=O)(=O)O)ccc2[nH]1.[H-].[Na+]. The summed E-state index contributed by atoms with van der Waals surface area (Å²) < 4.78 is 35.2. The van der Waals surface area contributed by atoms with Crippen LogP contribution >= 0.6 is 0 Å². The van der Waals surface area contributed by atoms with Crippen LogP contribution in [0.15, 0.2) is 24.3 Å². The zero-order chi connectivity index (χ0) is 13.9. The molecule has 1 aromatic heterocycles. The molecule has 0 fully saturated rings. The molecule has 0 amide bonds. The van der Waals surface area contributed by atoms with Gasteiger partial charge in [-0.3, -0.25) is 4.55 Å². The van der Waals surface area contributed by atoms with E-state index in [0.717, 1.165) is 22.3 Å². The molecule has 0 bridgehead atoms. The molecule has 0 radical (unpaired) electrons. The summed E-state index contributed by atoms with van der Waals surface area (Å²) in [6.45, 7) is 2.43. The first kappa shape index (κ1) is 17.5. The van der Waals surface area contributed by atoms with Crippen LogP contribution in [0.3, 0.4) is 0 Å². The molecule has 0 saturated carbocycles. The van der Waals surface area contributed by atoms with Gasteiger partial charge < -0.3 is 11.1 Å². The van der Waals surface area contributed by atoms with Gasteiger partial charge in [-0.05, 0) is 44.0 Å². The van der Waals surface area contributed by atoms with Crippen LogP contribution in [0.25, 0.3) is 10.9 Å². The number of unbranched alkanes of at least 4 members (excludes halogenated alkanes) is 1. The second-order valence-electron chi connectivity index (χ2n) is 4.54. The van der Waals surface area contributed by atoms with Crippen molar-refractivity contribution in [2.24, 2.45) is 0 Å². The molecule has 5 nitrogen and oxygen atoms in total. The number of fused-ring (bicyclic) bond motifs is 1. The minimum absolute atomic E-state index is 0. The Labute approximate surface area is 142 Å². The van der Waals surface area contributed by atoms with E-state index in [-0.39, 0.29) is 36.7 Å². The molecule has 0 saturated heterocycles. The van der Waals surface area contributed by atoms with E-state index in [1.54, 1.807) is 0 Å². The molecule has 0 aliphatic rings.